The Balaban J connectivity index is 1.85. The van der Waals surface area contributed by atoms with Gasteiger partial charge in [-0.2, -0.15) is 0 Å². The summed E-state index contributed by atoms with van der Waals surface area (Å²) in [5.41, 5.74) is 0. The summed E-state index contributed by atoms with van der Waals surface area (Å²) < 4.78 is 22.6. The normalized spacial score (nSPS) is 28.0. The first-order chi connectivity index (χ1) is 29.6. The highest BCUT2D eigenvalue weighted by Gasteiger charge is 2.51. The second kappa shape index (κ2) is 35.0. The van der Waals surface area contributed by atoms with E-state index < -0.39 is 86.8 Å². The summed E-state index contributed by atoms with van der Waals surface area (Å²) in [5.74, 6) is -0.239. The van der Waals surface area contributed by atoms with Gasteiger partial charge in [0.1, 0.15) is 48.8 Å². The molecule has 14 heteroatoms. The van der Waals surface area contributed by atoms with Crippen LogP contribution < -0.4 is 5.32 Å². The maximum absolute atomic E-state index is 13.1. The van der Waals surface area contributed by atoms with E-state index in [-0.39, 0.29) is 18.9 Å². The molecule has 0 spiro atoms. The van der Waals surface area contributed by atoms with Crippen molar-refractivity contribution < 1.29 is 64.6 Å². The van der Waals surface area contributed by atoms with E-state index >= 15 is 0 Å². The summed E-state index contributed by atoms with van der Waals surface area (Å²) in [4.78, 5) is 13.1. The molecule has 0 aromatic carbocycles. The van der Waals surface area contributed by atoms with Crippen molar-refractivity contribution in [2.24, 2.45) is 0 Å². The van der Waals surface area contributed by atoms with Crippen molar-refractivity contribution in [3.63, 3.8) is 0 Å². The standard InChI is InChI=1S/C47H89NO13/c1-3-5-7-9-11-13-15-16-17-18-19-21-23-25-27-29-31-39(52)48-35(36(51)30-28-26-24-22-20-14-12-10-8-6-4-2)34-58-46-44(57)42(55)45(38(33-50)60-46)61-47-43(56)41(54)40(53)37(32-49)59-47/h28,30,35-38,40-47,49-51,53-57H,3-27,29,31-34H2,1-2H3,(H,48,52)/b30-28+. The number of aliphatic hydroxyl groups is 8. The number of allylic oxidation sites excluding steroid dienone is 1. The minimum absolute atomic E-state index is 0.239. The molecule has 0 saturated carbocycles. The fourth-order valence-electron chi connectivity index (χ4n) is 8.17. The monoisotopic (exact) mass is 876 g/mol. The Bertz CT molecular complexity index is 1080. The smallest absolute Gasteiger partial charge is 0.220 e. The van der Waals surface area contributed by atoms with Gasteiger partial charge in [-0.05, 0) is 19.3 Å². The van der Waals surface area contributed by atoms with Gasteiger partial charge in [0.2, 0.25) is 5.91 Å². The van der Waals surface area contributed by atoms with Gasteiger partial charge in [0.05, 0.1) is 32.0 Å². The Hall–Kier alpha value is -1.27. The predicted molar refractivity (Wildman–Crippen MR) is 235 cm³/mol. The lowest BCUT2D eigenvalue weighted by atomic mass is 9.97. The molecule has 2 aliphatic heterocycles. The lowest BCUT2D eigenvalue weighted by Crippen LogP contribution is -2.65. The Labute approximate surface area is 367 Å². The summed E-state index contributed by atoms with van der Waals surface area (Å²) in [5, 5.41) is 86.5. The molecule has 2 fully saturated rings. The van der Waals surface area contributed by atoms with E-state index in [9.17, 15) is 45.6 Å². The van der Waals surface area contributed by atoms with E-state index in [1.54, 1.807) is 6.08 Å². The molecule has 14 nitrogen and oxygen atoms in total. The van der Waals surface area contributed by atoms with Gasteiger partial charge < -0.3 is 65.1 Å². The molecular formula is C47H89NO13. The third-order valence-corrected chi connectivity index (χ3v) is 12.2. The quantitative estimate of drug-likeness (QED) is 0.0274. The molecular weight excluding hydrogens is 787 g/mol. The zero-order valence-corrected chi connectivity index (χ0v) is 37.9. The SMILES string of the molecule is CCCCCCCCCCC/C=C/C(O)C(COC1OC(CO)C(OC2OC(CO)C(O)C(O)C2O)C(O)C1O)NC(=O)CCCCCCCCCCCCCCCCCC. The number of hydrogen-bond donors (Lipinski definition) is 9. The Morgan fingerprint density at radius 2 is 1.02 bits per heavy atom. The van der Waals surface area contributed by atoms with Crippen LogP contribution >= 0.6 is 0 Å². The summed E-state index contributed by atoms with van der Waals surface area (Å²) >= 11 is 0. The van der Waals surface area contributed by atoms with E-state index in [4.69, 9.17) is 18.9 Å². The van der Waals surface area contributed by atoms with Crippen LogP contribution in [0.25, 0.3) is 0 Å². The van der Waals surface area contributed by atoms with Gasteiger partial charge in [0, 0.05) is 6.42 Å². The van der Waals surface area contributed by atoms with E-state index in [1.807, 2.05) is 6.08 Å². The van der Waals surface area contributed by atoms with Gasteiger partial charge in [0.25, 0.3) is 0 Å². The van der Waals surface area contributed by atoms with Crippen LogP contribution in [0.1, 0.15) is 187 Å². The number of hydrogen-bond acceptors (Lipinski definition) is 13. The van der Waals surface area contributed by atoms with Crippen molar-refractivity contribution in [3.8, 4) is 0 Å². The fourth-order valence-corrected chi connectivity index (χ4v) is 8.17. The van der Waals surface area contributed by atoms with E-state index in [0.29, 0.717) is 6.42 Å². The first-order valence-electron chi connectivity index (χ1n) is 24.4. The van der Waals surface area contributed by atoms with Crippen LogP contribution in [-0.2, 0) is 23.7 Å². The topological polar surface area (TPSA) is 228 Å². The van der Waals surface area contributed by atoms with Gasteiger partial charge >= 0.3 is 0 Å². The lowest BCUT2D eigenvalue weighted by Gasteiger charge is -2.46. The summed E-state index contributed by atoms with van der Waals surface area (Å²) in [6, 6.07) is -0.906. The number of carbonyl (C=O) groups excluding carboxylic acids is 1. The average molecular weight is 876 g/mol. The second-order valence-electron chi connectivity index (χ2n) is 17.6. The summed E-state index contributed by atoms with van der Waals surface area (Å²) in [7, 11) is 0. The number of rotatable bonds is 37. The van der Waals surface area contributed by atoms with Gasteiger partial charge in [-0.3, -0.25) is 4.79 Å². The molecule has 0 aliphatic carbocycles. The van der Waals surface area contributed by atoms with Crippen LogP contribution in [-0.4, -0.2) is 140 Å². The third kappa shape index (κ3) is 23.0. The van der Waals surface area contributed by atoms with Gasteiger partial charge in [-0.1, -0.05) is 174 Å². The van der Waals surface area contributed by atoms with Crippen molar-refractivity contribution in [1.82, 2.24) is 5.32 Å². The maximum atomic E-state index is 13.1. The molecule has 1 amide bonds. The zero-order chi connectivity index (χ0) is 44.7. The van der Waals surface area contributed by atoms with E-state index in [2.05, 4.69) is 19.2 Å². The molecule has 12 unspecified atom stereocenters. The van der Waals surface area contributed by atoms with Crippen molar-refractivity contribution in [1.29, 1.82) is 0 Å². The number of carbonyl (C=O) groups is 1. The van der Waals surface area contributed by atoms with Crippen LogP contribution in [0.2, 0.25) is 0 Å². The predicted octanol–water partition coefficient (Wildman–Crippen LogP) is 5.60. The third-order valence-electron chi connectivity index (χ3n) is 12.2. The highest BCUT2D eigenvalue weighted by Crippen LogP contribution is 2.30. The molecule has 0 radical (unpaired) electrons. The molecule has 2 aliphatic rings. The van der Waals surface area contributed by atoms with Crippen molar-refractivity contribution in [2.45, 2.75) is 261 Å². The average Bonchev–Trinajstić information content (AvgIpc) is 3.26. The van der Waals surface area contributed by atoms with Crippen molar-refractivity contribution >= 4 is 5.91 Å². The number of amides is 1. The number of nitrogens with one attached hydrogen (secondary N) is 1. The van der Waals surface area contributed by atoms with E-state index in [0.717, 1.165) is 38.5 Å². The second-order valence-corrected chi connectivity index (χ2v) is 17.6. The fraction of sp³-hybridized carbons (Fsp3) is 0.936. The van der Waals surface area contributed by atoms with Crippen LogP contribution in [0.3, 0.4) is 0 Å². The highest BCUT2D eigenvalue weighted by atomic mass is 16.7. The van der Waals surface area contributed by atoms with Crippen molar-refractivity contribution in [3.05, 3.63) is 12.2 Å². The maximum Gasteiger partial charge on any atom is 0.220 e. The largest absolute Gasteiger partial charge is 0.394 e. The van der Waals surface area contributed by atoms with Crippen LogP contribution in [0.5, 0.6) is 0 Å². The number of unbranched alkanes of at least 4 members (excludes halogenated alkanes) is 24. The minimum Gasteiger partial charge on any atom is -0.394 e. The van der Waals surface area contributed by atoms with Gasteiger partial charge in [-0.15, -0.1) is 0 Å². The summed E-state index contributed by atoms with van der Waals surface area (Å²) in [6.07, 6.45) is 18.3. The van der Waals surface area contributed by atoms with Crippen LogP contribution in [0.15, 0.2) is 12.2 Å². The molecule has 2 rings (SSSR count). The highest BCUT2D eigenvalue weighted by molar-refractivity contribution is 5.76. The first-order valence-corrected chi connectivity index (χ1v) is 24.4. The molecule has 9 N–H and O–H groups in total. The molecule has 0 aromatic heterocycles. The lowest BCUT2D eigenvalue weighted by molar-refractivity contribution is -0.359. The van der Waals surface area contributed by atoms with Crippen LogP contribution in [0.4, 0.5) is 0 Å². The molecule has 2 saturated heterocycles. The van der Waals surface area contributed by atoms with Crippen molar-refractivity contribution in [2.75, 3.05) is 19.8 Å². The first kappa shape index (κ1) is 55.9. The molecule has 12 atom stereocenters. The van der Waals surface area contributed by atoms with E-state index in [1.165, 1.54) is 122 Å². The van der Waals surface area contributed by atoms with Gasteiger partial charge in [-0.25, -0.2) is 0 Å². The zero-order valence-electron chi connectivity index (χ0n) is 37.9. The van der Waals surface area contributed by atoms with Crippen LogP contribution in [0, 0.1) is 0 Å². The Morgan fingerprint density at radius 1 is 0.574 bits per heavy atom. The molecule has 360 valence electrons. The van der Waals surface area contributed by atoms with Gasteiger partial charge in [0.15, 0.2) is 12.6 Å². The molecule has 0 bridgehead atoms. The number of ether oxygens (including phenoxy) is 4. The minimum atomic E-state index is -1.78. The molecule has 0 aromatic rings. The Morgan fingerprint density at radius 3 is 1.51 bits per heavy atom. The Kier molecular flexibility index (Phi) is 32.1. The summed E-state index contributed by atoms with van der Waals surface area (Å²) in [6.45, 7) is 2.77. The molecule has 2 heterocycles. The molecule has 61 heavy (non-hydrogen) atoms. The number of aliphatic hydroxyl groups excluding tert-OH is 8.